The fourth-order valence-corrected chi connectivity index (χ4v) is 2.78. The summed E-state index contributed by atoms with van der Waals surface area (Å²) in [6.07, 6.45) is 1.51. The predicted octanol–water partition coefficient (Wildman–Crippen LogP) is 5.10. The maximum atomic E-state index is 11.9. The number of amides is 1. The molecule has 0 radical (unpaired) electrons. The fraction of sp³-hybridized carbons (Fsp3) is 0.0909. The molecule has 3 aromatic carbocycles. The van der Waals surface area contributed by atoms with Crippen LogP contribution in [-0.2, 0) is 11.4 Å². The van der Waals surface area contributed by atoms with Crippen molar-refractivity contribution in [2.24, 2.45) is 5.10 Å². The molecule has 0 aliphatic heterocycles. The summed E-state index contributed by atoms with van der Waals surface area (Å²) in [6, 6.07) is 21.8. The highest BCUT2D eigenvalue weighted by molar-refractivity contribution is 6.32. The van der Waals surface area contributed by atoms with Crippen LogP contribution in [0.1, 0.15) is 11.1 Å². The van der Waals surface area contributed by atoms with Gasteiger partial charge in [-0.25, -0.2) is 5.43 Å². The van der Waals surface area contributed by atoms with E-state index in [1.807, 2.05) is 48.5 Å². The van der Waals surface area contributed by atoms with E-state index in [0.29, 0.717) is 33.7 Å². The highest BCUT2D eigenvalue weighted by Crippen LogP contribution is 2.23. The summed E-state index contributed by atoms with van der Waals surface area (Å²) in [6.45, 7) is 0.119. The van der Waals surface area contributed by atoms with Crippen molar-refractivity contribution in [3.8, 4) is 11.5 Å². The number of hydrogen-bond acceptors (Lipinski definition) is 4. The Labute approximate surface area is 178 Å². The highest BCUT2D eigenvalue weighted by Gasteiger charge is 2.06. The second kappa shape index (κ2) is 10.5. The number of carbonyl (C=O) groups excluding carboxylic acids is 1. The predicted molar refractivity (Wildman–Crippen MR) is 115 cm³/mol. The van der Waals surface area contributed by atoms with Gasteiger partial charge in [0.05, 0.1) is 11.2 Å². The zero-order chi connectivity index (χ0) is 20.5. The van der Waals surface area contributed by atoms with Gasteiger partial charge in [-0.15, -0.1) is 0 Å². The van der Waals surface area contributed by atoms with Crippen LogP contribution in [0.5, 0.6) is 11.5 Å². The topological polar surface area (TPSA) is 59.9 Å². The first-order valence-electron chi connectivity index (χ1n) is 8.78. The second-order valence-corrected chi connectivity index (χ2v) is 6.74. The zero-order valence-electron chi connectivity index (χ0n) is 15.3. The number of para-hydroxylation sites is 2. The number of nitrogens with zero attached hydrogens (tertiary/aromatic N) is 1. The molecular formula is C22H18Cl2N2O3. The maximum absolute atomic E-state index is 11.9. The minimum atomic E-state index is -0.407. The third kappa shape index (κ3) is 6.24. The summed E-state index contributed by atoms with van der Waals surface area (Å²) < 4.78 is 11.2. The fourth-order valence-electron chi connectivity index (χ4n) is 2.40. The van der Waals surface area contributed by atoms with Crippen LogP contribution in [0, 0.1) is 0 Å². The summed E-state index contributed by atoms with van der Waals surface area (Å²) in [7, 11) is 0. The number of hydrogen-bond donors (Lipinski definition) is 1. The molecule has 0 aromatic heterocycles. The van der Waals surface area contributed by atoms with Crippen molar-refractivity contribution in [1.82, 2.24) is 5.43 Å². The average molecular weight is 429 g/mol. The minimum absolute atomic E-state index is 0.203. The Bertz CT molecular complexity index is 1010. The monoisotopic (exact) mass is 428 g/mol. The van der Waals surface area contributed by atoms with Gasteiger partial charge < -0.3 is 9.47 Å². The highest BCUT2D eigenvalue weighted by atomic mass is 35.5. The Kier molecular flexibility index (Phi) is 7.50. The van der Waals surface area contributed by atoms with E-state index in [2.05, 4.69) is 10.5 Å². The first-order valence-corrected chi connectivity index (χ1v) is 9.53. The first-order chi connectivity index (χ1) is 14.1. The number of halogens is 2. The van der Waals surface area contributed by atoms with Gasteiger partial charge in [-0.3, -0.25) is 4.79 Å². The van der Waals surface area contributed by atoms with Gasteiger partial charge in [-0.2, -0.15) is 5.10 Å². The van der Waals surface area contributed by atoms with E-state index in [1.165, 1.54) is 6.21 Å². The SMILES string of the molecule is O=C(COc1ccccc1Cl)N/N=C\c1ccccc1OCc1ccccc1Cl. The van der Waals surface area contributed by atoms with E-state index in [-0.39, 0.29) is 6.61 Å². The van der Waals surface area contributed by atoms with Gasteiger partial charge in [0, 0.05) is 16.1 Å². The number of nitrogens with one attached hydrogen (secondary N) is 1. The molecule has 0 atom stereocenters. The lowest BCUT2D eigenvalue weighted by atomic mass is 10.2. The van der Waals surface area contributed by atoms with E-state index >= 15 is 0 Å². The molecule has 1 amide bonds. The van der Waals surface area contributed by atoms with Crippen molar-refractivity contribution in [2.45, 2.75) is 6.61 Å². The molecule has 0 saturated heterocycles. The van der Waals surface area contributed by atoms with Crippen LogP contribution in [0.2, 0.25) is 10.0 Å². The number of ether oxygens (including phenoxy) is 2. The molecule has 5 nitrogen and oxygen atoms in total. The molecule has 0 heterocycles. The lowest BCUT2D eigenvalue weighted by molar-refractivity contribution is -0.123. The van der Waals surface area contributed by atoms with E-state index in [4.69, 9.17) is 32.7 Å². The smallest absolute Gasteiger partial charge is 0.277 e. The van der Waals surface area contributed by atoms with Crippen molar-refractivity contribution >= 4 is 35.3 Å². The number of carbonyl (C=O) groups is 1. The van der Waals surface area contributed by atoms with Crippen LogP contribution in [0.4, 0.5) is 0 Å². The minimum Gasteiger partial charge on any atom is -0.488 e. The summed E-state index contributed by atoms with van der Waals surface area (Å²) in [5.74, 6) is 0.653. The molecule has 0 aliphatic carbocycles. The van der Waals surface area contributed by atoms with E-state index in [9.17, 15) is 4.79 Å². The second-order valence-electron chi connectivity index (χ2n) is 5.93. The Balaban J connectivity index is 1.54. The van der Waals surface area contributed by atoms with Gasteiger partial charge in [0.15, 0.2) is 6.61 Å². The molecule has 7 heteroatoms. The maximum Gasteiger partial charge on any atom is 0.277 e. The Morgan fingerprint density at radius 1 is 0.862 bits per heavy atom. The summed E-state index contributed by atoms with van der Waals surface area (Å²) in [5, 5.41) is 5.05. The quantitative estimate of drug-likeness (QED) is 0.400. The van der Waals surface area contributed by atoms with Gasteiger partial charge in [-0.05, 0) is 30.3 Å². The lowest BCUT2D eigenvalue weighted by Crippen LogP contribution is -2.24. The largest absolute Gasteiger partial charge is 0.488 e. The van der Waals surface area contributed by atoms with E-state index in [1.54, 1.807) is 24.3 Å². The van der Waals surface area contributed by atoms with Gasteiger partial charge in [0.2, 0.25) is 0 Å². The molecule has 29 heavy (non-hydrogen) atoms. The normalized spacial score (nSPS) is 10.7. The van der Waals surface area contributed by atoms with Crippen molar-refractivity contribution in [1.29, 1.82) is 0 Å². The summed E-state index contributed by atoms with van der Waals surface area (Å²) >= 11 is 12.1. The molecule has 148 valence electrons. The summed E-state index contributed by atoms with van der Waals surface area (Å²) in [4.78, 5) is 11.9. The third-order valence-electron chi connectivity index (χ3n) is 3.85. The molecule has 0 fully saturated rings. The Morgan fingerprint density at radius 2 is 1.52 bits per heavy atom. The number of hydrazone groups is 1. The van der Waals surface area contributed by atoms with Gasteiger partial charge in [0.1, 0.15) is 18.1 Å². The van der Waals surface area contributed by atoms with Gasteiger partial charge >= 0.3 is 0 Å². The molecule has 3 aromatic rings. The Morgan fingerprint density at radius 3 is 2.28 bits per heavy atom. The molecule has 0 saturated carbocycles. The lowest BCUT2D eigenvalue weighted by Gasteiger charge is -2.10. The van der Waals surface area contributed by atoms with Crippen molar-refractivity contribution in [2.75, 3.05) is 6.61 Å². The molecule has 0 spiro atoms. The van der Waals surface area contributed by atoms with E-state index in [0.717, 1.165) is 5.56 Å². The Hall–Kier alpha value is -3.02. The standard InChI is InChI=1S/C22H18Cl2N2O3/c23-18-9-3-1-8-17(18)14-28-20-11-5-2-7-16(20)13-25-26-22(27)15-29-21-12-6-4-10-19(21)24/h1-13H,14-15H2,(H,26,27)/b25-13-. The number of benzene rings is 3. The van der Waals surface area contributed by atoms with Crippen LogP contribution in [0.25, 0.3) is 0 Å². The summed E-state index contributed by atoms with van der Waals surface area (Å²) in [5.41, 5.74) is 4.01. The van der Waals surface area contributed by atoms with Crippen LogP contribution in [0.15, 0.2) is 77.9 Å². The molecule has 0 bridgehead atoms. The first kappa shape index (κ1) is 20.7. The third-order valence-corrected chi connectivity index (χ3v) is 4.53. The van der Waals surface area contributed by atoms with E-state index < -0.39 is 5.91 Å². The van der Waals surface area contributed by atoms with Gasteiger partial charge in [-0.1, -0.05) is 65.7 Å². The average Bonchev–Trinajstić information content (AvgIpc) is 2.73. The van der Waals surface area contributed by atoms with Crippen molar-refractivity contribution < 1.29 is 14.3 Å². The molecule has 0 aliphatic rings. The number of rotatable bonds is 8. The van der Waals surface area contributed by atoms with Crippen LogP contribution < -0.4 is 14.9 Å². The molecular weight excluding hydrogens is 411 g/mol. The molecule has 0 unspecified atom stereocenters. The molecule has 3 rings (SSSR count). The molecule has 1 N–H and O–H groups in total. The van der Waals surface area contributed by atoms with Crippen LogP contribution >= 0.6 is 23.2 Å². The van der Waals surface area contributed by atoms with Crippen LogP contribution in [0.3, 0.4) is 0 Å². The van der Waals surface area contributed by atoms with Crippen molar-refractivity contribution in [3.63, 3.8) is 0 Å². The van der Waals surface area contributed by atoms with Gasteiger partial charge in [0.25, 0.3) is 5.91 Å². The van der Waals surface area contributed by atoms with Crippen LogP contribution in [-0.4, -0.2) is 18.7 Å². The van der Waals surface area contributed by atoms with Crippen molar-refractivity contribution in [3.05, 3.63) is 94.0 Å². The zero-order valence-corrected chi connectivity index (χ0v) is 16.9.